The number of aliphatic carboxylic acids is 1. The van der Waals surface area contributed by atoms with Gasteiger partial charge in [0.25, 0.3) is 0 Å². The van der Waals surface area contributed by atoms with E-state index in [4.69, 9.17) is 4.74 Å². The molecule has 0 radical (unpaired) electrons. The Balaban J connectivity index is 2.19. The van der Waals surface area contributed by atoms with Crippen molar-refractivity contribution in [2.24, 2.45) is 0 Å². The lowest BCUT2D eigenvalue weighted by Crippen LogP contribution is -2.63. The summed E-state index contributed by atoms with van der Waals surface area (Å²) in [5.41, 5.74) is -0.301. The van der Waals surface area contributed by atoms with Gasteiger partial charge < -0.3 is 9.84 Å². The second-order valence-corrected chi connectivity index (χ2v) is 7.49. The standard InChI is InChI=1S/C18H25NO4S/c1-3-11-19(17(22)23-13-15-8-5-4-6-9-15)18(16(20)21)10-7-12-24-14(18)2/h4-6,8-9,14H,3,7,10-13H2,1-2H3,(H,20,21). The Labute approximate surface area is 147 Å². The van der Waals surface area contributed by atoms with Crippen LogP contribution in [0.3, 0.4) is 0 Å². The Hall–Kier alpha value is -1.69. The molecule has 24 heavy (non-hydrogen) atoms. The summed E-state index contributed by atoms with van der Waals surface area (Å²) >= 11 is 1.61. The molecule has 1 aliphatic rings. The molecule has 1 fully saturated rings. The van der Waals surface area contributed by atoms with Crippen molar-refractivity contribution in [3.05, 3.63) is 35.9 Å². The van der Waals surface area contributed by atoms with Crippen molar-refractivity contribution in [1.29, 1.82) is 0 Å². The Morgan fingerprint density at radius 2 is 2.08 bits per heavy atom. The maximum atomic E-state index is 12.7. The lowest BCUT2D eigenvalue weighted by molar-refractivity contribution is -0.151. The fourth-order valence-electron chi connectivity index (χ4n) is 3.17. The van der Waals surface area contributed by atoms with E-state index in [2.05, 4.69) is 0 Å². The molecule has 2 atom stereocenters. The minimum Gasteiger partial charge on any atom is -0.479 e. The molecule has 2 rings (SSSR count). The second-order valence-electron chi connectivity index (χ2n) is 6.04. The normalized spacial score (nSPS) is 23.5. The van der Waals surface area contributed by atoms with E-state index in [0.29, 0.717) is 19.4 Å². The van der Waals surface area contributed by atoms with Crippen molar-refractivity contribution in [3.63, 3.8) is 0 Å². The van der Waals surface area contributed by atoms with E-state index in [-0.39, 0.29) is 11.9 Å². The average Bonchev–Trinajstić information content (AvgIpc) is 2.59. The number of nitrogens with zero attached hydrogens (tertiary/aromatic N) is 1. The van der Waals surface area contributed by atoms with Gasteiger partial charge in [0.15, 0.2) is 5.54 Å². The van der Waals surface area contributed by atoms with Crippen LogP contribution in [0.1, 0.15) is 38.7 Å². The average molecular weight is 351 g/mol. The van der Waals surface area contributed by atoms with E-state index in [1.165, 1.54) is 4.90 Å². The summed E-state index contributed by atoms with van der Waals surface area (Å²) in [6.45, 7) is 4.36. The molecule has 1 amide bonds. The van der Waals surface area contributed by atoms with E-state index in [0.717, 1.165) is 17.7 Å². The van der Waals surface area contributed by atoms with Gasteiger partial charge in [0.1, 0.15) is 6.61 Å². The summed E-state index contributed by atoms with van der Waals surface area (Å²) in [7, 11) is 0. The summed E-state index contributed by atoms with van der Waals surface area (Å²) in [5, 5.41) is 9.76. The minimum absolute atomic E-state index is 0.150. The molecule has 0 aliphatic carbocycles. The van der Waals surface area contributed by atoms with Crippen molar-refractivity contribution in [2.75, 3.05) is 12.3 Å². The van der Waals surface area contributed by atoms with Gasteiger partial charge in [-0.15, -0.1) is 0 Å². The molecule has 0 saturated carbocycles. The number of carboxylic acids is 1. The van der Waals surface area contributed by atoms with E-state index in [1.54, 1.807) is 11.8 Å². The van der Waals surface area contributed by atoms with Crippen LogP contribution in [-0.2, 0) is 16.1 Å². The van der Waals surface area contributed by atoms with Crippen molar-refractivity contribution in [1.82, 2.24) is 4.90 Å². The van der Waals surface area contributed by atoms with Crippen LogP contribution in [0.2, 0.25) is 0 Å². The first-order chi connectivity index (χ1) is 11.5. The molecule has 5 nitrogen and oxygen atoms in total. The van der Waals surface area contributed by atoms with E-state index in [9.17, 15) is 14.7 Å². The van der Waals surface area contributed by atoms with Crippen LogP contribution in [0.25, 0.3) is 0 Å². The van der Waals surface area contributed by atoms with Crippen molar-refractivity contribution < 1.29 is 19.4 Å². The fourth-order valence-corrected chi connectivity index (χ4v) is 4.45. The number of carboxylic acid groups (broad SMARTS) is 1. The molecule has 1 heterocycles. The van der Waals surface area contributed by atoms with Gasteiger partial charge >= 0.3 is 12.1 Å². The third-order valence-electron chi connectivity index (χ3n) is 4.47. The van der Waals surface area contributed by atoms with Crippen molar-refractivity contribution in [2.45, 2.75) is 50.5 Å². The van der Waals surface area contributed by atoms with Gasteiger partial charge in [-0.3, -0.25) is 4.90 Å². The summed E-state index contributed by atoms with van der Waals surface area (Å²) in [6.07, 6.45) is 1.40. The largest absolute Gasteiger partial charge is 0.479 e. The number of carbonyl (C=O) groups is 2. The van der Waals surface area contributed by atoms with Gasteiger partial charge in [0, 0.05) is 11.8 Å². The molecule has 1 saturated heterocycles. The summed E-state index contributed by atoms with van der Waals surface area (Å²) < 4.78 is 5.43. The zero-order valence-electron chi connectivity index (χ0n) is 14.2. The quantitative estimate of drug-likeness (QED) is 0.845. The van der Waals surface area contributed by atoms with Crippen LogP contribution in [-0.4, -0.2) is 45.2 Å². The number of carbonyl (C=O) groups excluding carboxylic acids is 1. The Morgan fingerprint density at radius 3 is 2.67 bits per heavy atom. The minimum atomic E-state index is -1.19. The number of benzene rings is 1. The van der Waals surface area contributed by atoms with Crippen LogP contribution >= 0.6 is 11.8 Å². The van der Waals surface area contributed by atoms with Gasteiger partial charge in [0.2, 0.25) is 0 Å². The number of thioether (sulfide) groups is 1. The molecule has 1 N–H and O–H groups in total. The van der Waals surface area contributed by atoms with E-state index < -0.39 is 17.6 Å². The zero-order chi connectivity index (χ0) is 17.6. The SMILES string of the molecule is CCCN(C(=O)OCc1ccccc1)C1(C(=O)O)CCCSC1C. The molecular weight excluding hydrogens is 326 g/mol. The van der Waals surface area contributed by atoms with Crippen LogP contribution in [0, 0.1) is 0 Å². The monoisotopic (exact) mass is 351 g/mol. The number of amides is 1. The summed E-state index contributed by atoms with van der Waals surface area (Å²) in [5.74, 6) is -0.0119. The smallest absolute Gasteiger partial charge is 0.411 e. The van der Waals surface area contributed by atoms with Crippen LogP contribution in [0.15, 0.2) is 30.3 Å². The third-order valence-corrected chi connectivity index (χ3v) is 5.88. The first-order valence-corrected chi connectivity index (χ1v) is 9.40. The fraction of sp³-hybridized carbons (Fsp3) is 0.556. The predicted octanol–water partition coefficient (Wildman–Crippen LogP) is 3.77. The highest BCUT2D eigenvalue weighted by Crippen LogP contribution is 2.39. The van der Waals surface area contributed by atoms with E-state index >= 15 is 0 Å². The molecule has 132 valence electrons. The molecular formula is C18H25NO4S. The highest BCUT2D eigenvalue weighted by atomic mass is 32.2. The lowest BCUT2D eigenvalue weighted by atomic mass is 9.87. The number of hydrogen-bond acceptors (Lipinski definition) is 4. The molecule has 6 heteroatoms. The molecule has 0 bridgehead atoms. The van der Waals surface area contributed by atoms with Gasteiger partial charge in [-0.1, -0.05) is 44.2 Å². The molecule has 1 aliphatic heterocycles. The third kappa shape index (κ3) is 3.86. The van der Waals surface area contributed by atoms with Gasteiger partial charge in [-0.05, 0) is 30.6 Å². The topological polar surface area (TPSA) is 66.8 Å². The molecule has 2 unspecified atom stereocenters. The highest BCUT2D eigenvalue weighted by molar-refractivity contribution is 8.00. The Kier molecular flexibility index (Phi) is 6.54. The number of hydrogen-bond donors (Lipinski definition) is 1. The van der Waals surface area contributed by atoms with Crippen LogP contribution in [0.4, 0.5) is 4.79 Å². The molecule has 1 aromatic rings. The first kappa shape index (κ1) is 18.6. The molecule has 0 aromatic heterocycles. The predicted molar refractivity (Wildman–Crippen MR) is 95.1 cm³/mol. The van der Waals surface area contributed by atoms with Gasteiger partial charge in [-0.25, -0.2) is 9.59 Å². The number of ether oxygens (including phenoxy) is 1. The second kappa shape index (κ2) is 8.42. The molecule has 0 spiro atoms. The maximum absolute atomic E-state index is 12.7. The maximum Gasteiger partial charge on any atom is 0.411 e. The molecule has 1 aromatic carbocycles. The highest BCUT2D eigenvalue weighted by Gasteiger charge is 2.52. The van der Waals surface area contributed by atoms with E-state index in [1.807, 2.05) is 44.2 Å². The Bertz CT molecular complexity index is 565. The van der Waals surface area contributed by atoms with Gasteiger partial charge in [-0.2, -0.15) is 11.8 Å². The van der Waals surface area contributed by atoms with Crippen molar-refractivity contribution >= 4 is 23.8 Å². The number of rotatable bonds is 6. The summed E-state index contributed by atoms with van der Waals surface area (Å²) in [4.78, 5) is 26.3. The van der Waals surface area contributed by atoms with Gasteiger partial charge in [0.05, 0.1) is 0 Å². The Morgan fingerprint density at radius 1 is 1.38 bits per heavy atom. The van der Waals surface area contributed by atoms with Crippen LogP contribution in [0.5, 0.6) is 0 Å². The lowest BCUT2D eigenvalue weighted by Gasteiger charge is -2.45. The summed E-state index contributed by atoms with van der Waals surface area (Å²) in [6, 6.07) is 9.42. The zero-order valence-corrected chi connectivity index (χ0v) is 15.1. The van der Waals surface area contributed by atoms with Crippen molar-refractivity contribution in [3.8, 4) is 0 Å². The first-order valence-electron chi connectivity index (χ1n) is 8.35. The van der Waals surface area contributed by atoms with Crippen LogP contribution < -0.4 is 0 Å².